The Morgan fingerprint density at radius 1 is 1.03 bits per heavy atom. The van der Waals surface area contributed by atoms with Gasteiger partial charge in [0.25, 0.3) is 11.5 Å². The Hall–Kier alpha value is -3.09. The van der Waals surface area contributed by atoms with Gasteiger partial charge in [-0.1, -0.05) is 31.4 Å². The molecule has 7 heteroatoms. The molecule has 34 heavy (non-hydrogen) atoms. The zero-order valence-electron chi connectivity index (χ0n) is 20.1. The third kappa shape index (κ3) is 5.18. The highest BCUT2D eigenvalue weighted by atomic mass is 16.5. The van der Waals surface area contributed by atoms with Crippen molar-refractivity contribution in [2.45, 2.75) is 70.4 Å². The first-order valence-corrected chi connectivity index (χ1v) is 12.3. The molecule has 4 rings (SSSR count). The number of carbonyl (C=O) groups is 2. The second-order valence-corrected chi connectivity index (χ2v) is 9.36. The molecule has 182 valence electrons. The van der Waals surface area contributed by atoms with Crippen molar-refractivity contribution in [3.63, 3.8) is 0 Å². The predicted molar refractivity (Wildman–Crippen MR) is 129 cm³/mol. The van der Waals surface area contributed by atoms with E-state index in [4.69, 9.17) is 9.47 Å². The topological polar surface area (TPSA) is 86.6 Å². The molecule has 0 bridgehead atoms. The van der Waals surface area contributed by atoms with E-state index in [2.05, 4.69) is 5.32 Å². The summed E-state index contributed by atoms with van der Waals surface area (Å²) < 4.78 is 12.0. The number of ether oxygens (including phenoxy) is 2. The first-order valence-electron chi connectivity index (χ1n) is 12.3. The van der Waals surface area contributed by atoms with Crippen LogP contribution in [0.3, 0.4) is 0 Å². The summed E-state index contributed by atoms with van der Waals surface area (Å²) in [6, 6.07) is 7.56. The minimum atomic E-state index is -1.02. The Kier molecular flexibility index (Phi) is 7.70. The Labute approximate surface area is 200 Å². The number of pyridine rings is 1. The number of nitrogens with zero attached hydrogens (tertiary/aromatic N) is 1. The summed E-state index contributed by atoms with van der Waals surface area (Å²) >= 11 is 0. The standard InChI is InChI=1S/C27H34N2O5/c1-33-21-14-12-19(13-15-21)24(27(32)34-2)28-25(30)22-16-20-10-6-7-11-23(20)29(26(22)31)17-18-8-4-3-5-9-18/h12-16,18,24H,3-11,17H2,1-2H3,(H,28,30). The van der Waals surface area contributed by atoms with E-state index in [1.54, 1.807) is 37.4 Å². The first kappa shape index (κ1) is 24.0. The van der Waals surface area contributed by atoms with Crippen LogP contribution >= 0.6 is 0 Å². The summed E-state index contributed by atoms with van der Waals surface area (Å²) in [5, 5.41) is 2.75. The molecule has 0 aliphatic heterocycles. The second kappa shape index (κ2) is 10.9. The van der Waals surface area contributed by atoms with Gasteiger partial charge in [0, 0.05) is 12.2 Å². The third-order valence-corrected chi connectivity index (χ3v) is 7.17. The van der Waals surface area contributed by atoms with Gasteiger partial charge in [-0.05, 0) is 73.8 Å². The number of hydrogen-bond acceptors (Lipinski definition) is 5. The lowest BCUT2D eigenvalue weighted by molar-refractivity contribution is -0.143. The van der Waals surface area contributed by atoms with E-state index in [1.807, 2.05) is 4.57 Å². The van der Waals surface area contributed by atoms with Gasteiger partial charge >= 0.3 is 5.97 Å². The molecule has 1 aromatic carbocycles. The SMILES string of the molecule is COC(=O)C(NC(=O)c1cc2c(n(CC3CCCCC3)c1=O)CCCC2)c1ccc(OC)cc1. The van der Waals surface area contributed by atoms with Crippen LogP contribution in [0.25, 0.3) is 0 Å². The first-order chi connectivity index (χ1) is 16.5. The lowest BCUT2D eigenvalue weighted by atomic mass is 9.88. The van der Waals surface area contributed by atoms with Crippen molar-refractivity contribution in [1.29, 1.82) is 0 Å². The van der Waals surface area contributed by atoms with Crippen molar-refractivity contribution in [2.24, 2.45) is 5.92 Å². The highest BCUT2D eigenvalue weighted by Gasteiger charge is 2.28. The normalized spacial score (nSPS) is 16.9. The molecule has 7 nitrogen and oxygen atoms in total. The number of amides is 1. The van der Waals surface area contributed by atoms with Gasteiger partial charge in [-0.25, -0.2) is 4.79 Å². The molecule has 0 saturated heterocycles. The molecular formula is C27H34N2O5. The monoisotopic (exact) mass is 466 g/mol. The number of aromatic nitrogens is 1. The third-order valence-electron chi connectivity index (χ3n) is 7.17. The number of hydrogen-bond donors (Lipinski definition) is 1. The van der Waals surface area contributed by atoms with Gasteiger partial charge < -0.3 is 19.4 Å². The molecule has 1 amide bonds. The molecule has 2 aromatic rings. The molecule has 1 N–H and O–H groups in total. The maximum Gasteiger partial charge on any atom is 0.333 e. The summed E-state index contributed by atoms with van der Waals surface area (Å²) in [7, 11) is 2.84. The molecule has 1 heterocycles. The Morgan fingerprint density at radius 3 is 2.41 bits per heavy atom. The summed E-state index contributed by atoms with van der Waals surface area (Å²) in [6.07, 6.45) is 9.74. The summed E-state index contributed by atoms with van der Waals surface area (Å²) in [4.78, 5) is 39.5. The fourth-order valence-corrected chi connectivity index (χ4v) is 5.27. The van der Waals surface area contributed by atoms with E-state index in [9.17, 15) is 14.4 Å². The Balaban J connectivity index is 1.66. The van der Waals surface area contributed by atoms with E-state index in [1.165, 1.54) is 26.4 Å². The minimum absolute atomic E-state index is 0.0962. The van der Waals surface area contributed by atoms with Gasteiger partial charge in [0.2, 0.25) is 0 Å². The molecule has 1 aromatic heterocycles. The van der Waals surface area contributed by atoms with Gasteiger partial charge in [0.05, 0.1) is 14.2 Å². The lowest BCUT2D eigenvalue weighted by Crippen LogP contribution is -2.40. The molecule has 1 unspecified atom stereocenters. The van der Waals surface area contributed by atoms with E-state index in [0.717, 1.165) is 49.8 Å². The number of benzene rings is 1. The number of esters is 1. The average Bonchev–Trinajstić information content (AvgIpc) is 2.89. The van der Waals surface area contributed by atoms with Crippen molar-refractivity contribution in [3.05, 3.63) is 63.1 Å². The second-order valence-electron chi connectivity index (χ2n) is 9.36. The number of aryl methyl sites for hydroxylation is 1. The van der Waals surface area contributed by atoms with Gasteiger partial charge in [0.15, 0.2) is 6.04 Å². The average molecular weight is 467 g/mol. The number of rotatable bonds is 7. The number of carbonyl (C=O) groups excluding carboxylic acids is 2. The molecular weight excluding hydrogens is 432 g/mol. The molecule has 0 radical (unpaired) electrons. The molecule has 0 spiro atoms. The number of fused-ring (bicyclic) bond motifs is 1. The molecule has 1 fully saturated rings. The highest BCUT2D eigenvalue weighted by molar-refractivity contribution is 5.97. The van der Waals surface area contributed by atoms with E-state index >= 15 is 0 Å². The van der Waals surface area contributed by atoms with Crippen LogP contribution in [0.4, 0.5) is 0 Å². The fourth-order valence-electron chi connectivity index (χ4n) is 5.27. The van der Waals surface area contributed by atoms with Crippen molar-refractivity contribution in [1.82, 2.24) is 9.88 Å². The zero-order chi connectivity index (χ0) is 24.1. The van der Waals surface area contributed by atoms with Gasteiger partial charge in [0.1, 0.15) is 11.3 Å². The van der Waals surface area contributed by atoms with E-state index in [-0.39, 0.29) is 11.1 Å². The van der Waals surface area contributed by atoms with Crippen LogP contribution in [0.5, 0.6) is 5.75 Å². The van der Waals surface area contributed by atoms with Crippen molar-refractivity contribution < 1.29 is 19.1 Å². The highest BCUT2D eigenvalue weighted by Crippen LogP contribution is 2.28. The predicted octanol–water partition coefficient (Wildman–Crippen LogP) is 3.96. The quantitative estimate of drug-likeness (QED) is 0.624. The van der Waals surface area contributed by atoms with Crippen LogP contribution in [-0.4, -0.2) is 30.7 Å². The van der Waals surface area contributed by atoms with Crippen LogP contribution in [-0.2, 0) is 28.9 Å². The van der Waals surface area contributed by atoms with Crippen LogP contribution in [0.15, 0.2) is 35.1 Å². The van der Waals surface area contributed by atoms with Crippen molar-refractivity contribution in [2.75, 3.05) is 14.2 Å². The summed E-state index contributed by atoms with van der Waals surface area (Å²) in [5.74, 6) is -0.0436. The maximum atomic E-state index is 13.6. The van der Waals surface area contributed by atoms with Gasteiger partial charge in [-0.2, -0.15) is 0 Å². The Morgan fingerprint density at radius 2 is 1.74 bits per heavy atom. The van der Waals surface area contributed by atoms with Crippen molar-refractivity contribution >= 4 is 11.9 Å². The lowest BCUT2D eigenvalue weighted by Gasteiger charge is -2.27. The molecule has 1 saturated carbocycles. The minimum Gasteiger partial charge on any atom is -0.497 e. The molecule has 2 aliphatic carbocycles. The van der Waals surface area contributed by atoms with E-state index in [0.29, 0.717) is 23.8 Å². The van der Waals surface area contributed by atoms with Gasteiger partial charge in [-0.15, -0.1) is 0 Å². The summed E-state index contributed by atoms with van der Waals surface area (Å²) in [5.41, 5.74) is 2.55. The fraction of sp³-hybridized carbons (Fsp3) is 0.519. The van der Waals surface area contributed by atoms with Crippen LogP contribution in [0, 0.1) is 5.92 Å². The van der Waals surface area contributed by atoms with E-state index < -0.39 is 17.9 Å². The number of nitrogens with one attached hydrogen (secondary N) is 1. The largest absolute Gasteiger partial charge is 0.497 e. The molecule has 2 aliphatic rings. The van der Waals surface area contributed by atoms with Crippen LogP contribution in [0.1, 0.15) is 78.2 Å². The zero-order valence-corrected chi connectivity index (χ0v) is 20.1. The summed E-state index contributed by atoms with van der Waals surface area (Å²) in [6.45, 7) is 0.668. The molecule has 1 atom stereocenters. The maximum absolute atomic E-state index is 13.6. The Bertz CT molecular complexity index is 1080. The van der Waals surface area contributed by atoms with Crippen LogP contribution < -0.4 is 15.6 Å². The van der Waals surface area contributed by atoms with Crippen LogP contribution in [0.2, 0.25) is 0 Å². The number of methoxy groups -OCH3 is 2. The smallest absolute Gasteiger partial charge is 0.333 e. The van der Waals surface area contributed by atoms with Crippen molar-refractivity contribution in [3.8, 4) is 5.75 Å². The van der Waals surface area contributed by atoms with Gasteiger partial charge in [-0.3, -0.25) is 9.59 Å².